The van der Waals surface area contributed by atoms with Crippen LogP contribution in [-0.4, -0.2) is 15.0 Å². The molecule has 0 N–H and O–H groups in total. The lowest BCUT2D eigenvalue weighted by molar-refractivity contribution is 0.758. The Balaban J connectivity index is 1.83. The number of benzene rings is 2. The number of rotatable bonds is 2. The molecule has 0 unspecified atom stereocenters. The number of nitrogens with zero attached hydrogens (tertiary/aromatic N) is 3. The van der Waals surface area contributed by atoms with Gasteiger partial charge in [-0.1, -0.05) is 36.4 Å². The van der Waals surface area contributed by atoms with E-state index in [1.807, 2.05) is 0 Å². The molecule has 1 aliphatic rings. The predicted octanol–water partition coefficient (Wildman–Crippen LogP) is 4.56. The lowest BCUT2D eigenvalue weighted by Gasteiger charge is -2.08. The summed E-state index contributed by atoms with van der Waals surface area (Å²) < 4.78 is 0. The first-order valence-corrected chi connectivity index (χ1v) is 7.92. The summed E-state index contributed by atoms with van der Waals surface area (Å²) in [6.07, 6.45) is 8.56. The van der Waals surface area contributed by atoms with Crippen molar-refractivity contribution in [1.29, 1.82) is 0 Å². The highest BCUT2D eigenvalue weighted by molar-refractivity contribution is 5.75. The summed E-state index contributed by atoms with van der Waals surface area (Å²) in [6.45, 7) is 6.36. The maximum atomic E-state index is 4.72. The van der Waals surface area contributed by atoms with Gasteiger partial charge in [0.2, 0.25) is 0 Å². The fourth-order valence-electron chi connectivity index (χ4n) is 3.13. The van der Waals surface area contributed by atoms with Crippen molar-refractivity contribution in [3.63, 3.8) is 0 Å². The maximum Gasteiger partial charge on any atom is 0.113 e. The first-order chi connectivity index (χ1) is 11.1. The molecule has 114 valence electrons. The van der Waals surface area contributed by atoms with Crippen molar-refractivity contribution in [2.24, 2.45) is 0 Å². The van der Waals surface area contributed by atoms with Gasteiger partial charge in [-0.25, -0.2) is 0 Å². The van der Waals surface area contributed by atoms with E-state index in [-0.39, 0.29) is 0 Å². The second-order valence-corrected chi connectivity index (χ2v) is 6.26. The Hall–Kier alpha value is -2.68. The van der Waals surface area contributed by atoms with Crippen LogP contribution in [0.15, 0.2) is 54.6 Å². The maximum absolute atomic E-state index is 4.72. The van der Waals surface area contributed by atoms with Crippen molar-refractivity contribution in [2.45, 2.75) is 26.7 Å². The summed E-state index contributed by atoms with van der Waals surface area (Å²) in [5, 5.41) is 9.38. The molecule has 0 saturated carbocycles. The molecule has 0 amide bonds. The van der Waals surface area contributed by atoms with Gasteiger partial charge in [0, 0.05) is 5.92 Å². The van der Waals surface area contributed by atoms with Gasteiger partial charge in [0.15, 0.2) is 0 Å². The highest BCUT2D eigenvalue weighted by Crippen LogP contribution is 2.26. The molecular formula is C20H19N3. The largest absolute Gasteiger partial charge is 0.150 e. The average molecular weight is 301 g/mol. The minimum Gasteiger partial charge on any atom is -0.150 e. The molecule has 0 saturated heterocycles. The standard InChI is InChI=1S/C20H19N3/c1-13-10-14(2)15(3)20(11-13)23-21-18-9-8-17(12-19(18)22-23)16-6-4-5-7-16/h4-12,16H,1-3H3. The van der Waals surface area contributed by atoms with Gasteiger partial charge in [-0.2, -0.15) is 4.80 Å². The van der Waals surface area contributed by atoms with Crippen LogP contribution in [0.25, 0.3) is 16.7 Å². The average Bonchev–Trinajstić information content (AvgIpc) is 3.18. The molecule has 0 spiro atoms. The van der Waals surface area contributed by atoms with Crippen LogP contribution in [0.4, 0.5) is 0 Å². The molecule has 0 atom stereocenters. The summed E-state index contributed by atoms with van der Waals surface area (Å²) in [4.78, 5) is 1.77. The van der Waals surface area contributed by atoms with Gasteiger partial charge in [-0.05, 0) is 61.2 Å². The van der Waals surface area contributed by atoms with Gasteiger partial charge < -0.3 is 0 Å². The second kappa shape index (κ2) is 5.20. The fraction of sp³-hybridized carbons (Fsp3) is 0.200. The molecule has 23 heavy (non-hydrogen) atoms. The van der Waals surface area contributed by atoms with Crippen LogP contribution in [0.1, 0.15) is 28.2 Å². The molecule has 2 aromatic carbocycles. The third-order valence-electron chi connectivity index (χ3n) is 4.54. The zero-order chi connectivity index (χ0) is 16.0. The highest BCUT2D eigenvalue weighted by atomic mass is 15.5. The Labute approximate surface area is 135 Å². The van der Waals surface area contributed by atoms with E-state index in [1.165, 1.54) is 22.3 Å². The molecule has 1 aromatic heterocycles. The second-order valence-electron chi connectivity index (χ2n) is 6.26. The summed E-state index contributed by atoms with van der Waals surface area (Å²) in [6, 6.07) is 10.7. The zero-order valence-electron chi connectivity index (χ0n) is 13.6. The summed E-state index contributed by atoms with van der Waals surface area (Å²) in [7, 11) is 0. The van der Waals surface area contributed by atoms with E-state index in [2.05, 4.69) is 80.5 Å². The van der Waals surface area contributed by atoms with Gasteiger partial charge >= 0.3 is 0 Å². The van der Waals surface area contributed by atoms with Crippen LogP contribution in [-0.2, 0) is 0 Å². The van der Waals surface area contributed by atoms with Gasteiger partial charge in [0.25, 0.3) is 0 Å². The molecule has 1 aliphatic carbocycles. The minimum absolute atomic E-state index is 0.354. The van der Waals surface area contributed by atoms with E-state index >= 15 is 0 Å². The molecule has 0 fully saturated rings. The molecule has 1 heterocycles. The quantitative estimate of drug-likeness (QED) is 0.695. The summed E-state index contributed by atoms with van der Waals surface area (Å²) >= 11 is 0. The first kappa shape index (κ1) is 13.9. The van der Waals surface area contributed by atoms with Crippen molar-refractivity contribution in [3.8, 4) is 5.69 Å². The Kier molecular flexibility index (Phi) is 3.15. The van der Waals surface area contributed by atoms with Crippen LogP contribution >= 0.6 is 0 Å². The minimum atomic E-state index is 0.354. The van der Waals surface area contributed by atoms with Crippen molar-refractivity contribution in [1.82, 2.24) is 15.0 Å². The van der Waals surface area contributed by atoms with Crippen LogP contribution in [0.2, 0.25) is 0 Å². The van der Waals surface area contributed by atoms with Crippen molar-refractivity contribution in [2.75, 3.05) is 0 Å². The van der Waals surface area contributed by atoms with E-state index in [9.17, 15) is 0 Å². The van der Waals surface area contributed by atoms with Crippen LogP contribution < -0.4 is 0 Å². The molecule has 0 aliphatic heterocycles. The topological polar surface area (TPSA) is 30.7 Å². The number of aromatic nitrogens is 3. The third-order valence-corrected chi connectivity index (χ3v) is 4.54. The van der Waals surface area contributed by atoms with Crippen molar-refractivity contribution in [3.05, 3.63) is 76.9 Å². The Morgan fingerprint density at radius 2 is 1.61 bits per heavy atom. The fourth-order valence-corrected chi connectivity index (χ4v) is 3.13. The van der Waals surface area contributed by atoms with Gasteiger partial charge in [0.05, 0.1) is 5.69 Å². The van der Waals surface area contributed by atoms with E-state index in [1.54, 1.807) is 4.80 Å². The van der Waals surface area contributed by atoms with Crippen molar-refractivity contribution >= 4 is 11.0 Å². The third kappa shape index (κ3) is 2.38. The number of allylic oxidation sites excluding steroid dienone is 4. The highest BCUT2D eigenvalue weighted by Gasteiger charge is 2.12. The van der Waals surface area contributed by atoms with Crippen molar-refractivity contribution < 1.29 is 0 Å². The van der Waals surface area contributed by atoms with E-state index in [0.29, 0.717) is 5.92 Å². The lowest BCUT2D eigenvalue weighted by Crippen LogP contribution is -2.03. The Morgan fingerprint density at radius 1 is 0.870 bits per heavy atom. The first-order valence-electron chi connectivity index (χ1n) is 7.92. The SMILES string of the molecule is Cc1cc(C)c(C)c(-n2nc3ccc(C4C=CC=C4)cc3n2)c1. The lowest BCUT2D eigenvalue weighted by atomic mass is 10.0. The van der Waals surface area contributed by atoms with Gasteiger partial charge in [-0.15, -0.1) is 10.2 Å². The van der Waals surface area contributed by atoms with Crippen LogP contribution in [0.5, 0.6) is 0 Å². The van der Waals surface area contributed by atoms with E-state index in [0.717, 1.165) is 16.7 Å². The zero-order valence-corrected chi connectivity index (χ0v) is 13.6. The van der Waals surface area contributed by atoms with Crippen LogP contribution in [0.3, 0.4) is 0 Å². The number of hydrogen-bond acceptors (Lipinski definition) is 2. The normalized spacial score (nSPS) is 14.2. The van der Waals surface area contributed by atoms with Gasteiger partial charge in [0.1, 0.15) is 11.0 Å². The number of hydrogen-bond donors (Lipinski definition) is 0. The molecule has 3 nitrogen and oxygen atoms in total. The van der Waals surface area contributed by atoms with Gasteiger partial charge in [-0.3, -0.25) is 0 Å². The molecule has 0 bridgehead atoms. The smallest absolute Gasteiger partial charge is 0.113 e. The summed E-state index contributed by atoms with van der Waals surface area (Å²) in [5.74, 6) is 0.354. The predicted molar refractivity (Wildman–Crippen MR) is 94.1 cm³/mol. The number of aryl methyl sites for hydroxylation is 2. The molecule has 3 heteroatoms. The Bertz CT molecular complexity index is 948. The van der Waals surface area contributed by atoms with E-state index in [4.69, 9.17) is 5.10 Å². The molecular weight excluding hydrogens is 282 g/mol. The molecule has 3 aromatic rings. The van der Waals surface area contributed by atoms with Crippen LogP contribution in [0, 0.1) is 20.8 Å². The monoisotopic (exact) mass is 301 g/mol. The molecule has 4 rings (SSSR count). The van der Waals surface area contributed by atoms with E-state index < -0.39 is 0 Å². The number of fused-ring (bicyclic) bond motifs is 1. The summed E-state index contributed by atoms with van der Waals surface area (Å²) in [5.41, 5.74) is 7.90. The Morgan fingerprint density at radius 3 is 2.39 bits per heavy atom. The molecule has 0 radical (unpaired) electrons.